The Morgan fingerprint density at radius 2 is 1.21 bits per heavy atom. The van der Waals surface area contributed by atoms with E-state index in [-0.39, 0.29) is 11.8 Å². The van der Waals surface area contributed by atoms with E-state index in [1.54, 1.807) is 0 Å². The molecule has 1 aromatic heterocycles. The number of carbonyl (C=O) groups is 4. The highest BCUT2D eigenvalue weighted by Gasteiger charge is 2.52. The summed E-state index contributed by atoms with van der Waals surface area (Å²) >= 11 is 0.961. The van der Waals surface area contributed by atoms with E-state index in [0.29, 0.717) is 11.4 Å². The van der Waals surface area contributed by atoms with Crippen molar-refractivity contribution in [2.45, 2.75) is 62.7 Å². The molecule has 3 aromatic rings. The Bertz CT molecular complexity index is 1420. The average Bonchev–Trinajstić information content (AvgIpc) is 2.95. The van der Waals surface area contributed by atoms with Gasteiger partial charge in [-0.05, 0) is 11.8 Å². The van der Waals surface area contributed by atoms with Crippen LogP contribution in [-0.2, 0) is 42.9 Å². The first kappa shape index (κ1) is 30.6. The first-order valence-corrected chi connectivity index (χ1v) is 13.8. The number of esters is 4. The van der Waals surface area contributed by atoms with Crippen molar-refractivity contribution in [3.05, 3.63) is 60.7 Å². The standard InChI is InChI=1S/C29H29N3O9S/c1-16(33)37-15-22-25(38-17(2)34)26(39-18(3)35)27(40-19(4)36)28(41-22)42-29-30-23(20-11-7-5-8-12-20)24(31-32-29)21-13-9-6-10-14-21/h5-14,22,25-28H,15H2,1-4H3/t22-,25-,26-,27-,28-/m0/s1. The molecule has 1 saturated heterocycles. The number of nitrogens with zero attached hydrogens (tertiary/aromatic N) is 3. The zero-order valence-corrected chi connectivity index (χ0v) is 24.1. The maximum absolute atomic E-state index is 12.2. The lowest BCUT2D eigenvalue weighted by Gasteiger charge is -2.43. The molecule has 1 fully saturated rings. The van der Waals surface area contributed by atoms with Crippen molar-refractivity contribution in [3.8, 4) is 22.5 Å². The topological polar surface area (TPSA) is 153 Å². The van der Waals surface area contributed by atoms with Crippen LogP contribution in [0.15, 0.2) is 65.8 Å². The molecular formula is C29H29N3O9S. The third kappa shape index (κ3) is 7.89. The van der Waals surface area contributed by atoms with Crippen LogP contribution in [0.3, 0.4) is 0 Å². The third-order valence-electron chi connectivity index (χ3n) is 5.93. The summed E-state index contributed by atoms with van der Waals surface area (Å²) in [7, 11) is 0. The molecule has 1 aliphatic heterocycles. The van der Waals surface area contributed by atoms with E-state index in [2.05, 4.69) is 10.2 Å². The van der Waals surface area contributed by atoms with Gasteiger partial charge in [0.2, 0.25) is 5.16 Å². The quantitative estimate of drug-likeness (QED) is 0.263. The summed E-state index contributed by atoms with van der Waals surface area (Å²) in [6, 6.07) is 18.8. The smallest absolute Gasteiger partial charge is 0.303 e. The lowest BCUT2D eigenvalue weighted by molar-refractivity contribution is -0.237. The van der Waals surface area contributed by atoms with Crippen LogP contribution in [0.4, 0.5) is 0 Å². The molecule has 42 heavy (non-hydrogen) atoms. The van der Waals surface area contributed by atoms with E-state index >= 15 is 0 Å². The second-order valence-electron chi connectivity index (χ2n) is 9.21. The molecule has 0 amide bonds. The summed E-state index contributed by atoms with van der Waals surface area (Å²) < 4.78 is 27.8. The van der Waals surface area contributed by atoms with Crippen molar-refractivity contribution in [2.75, 3.05) is 6.61 Å². The maximum atomic E-state index is 12.2. The maximum Gasteiger partial charge on any atom is 0.303 e. The van der Waals surface area contributed by atoms with E-state index in [1.807, 2.05) is 60.7 Å². The minimum Gasteiger partial charge on any atom is -0.463 e. The van der Waals surface area contributed by atoms with Crippen LogP contribution < -0.4 is 0 Å². The van der Waals surface area contributed by atoms with Crippen LogP contribution in [0, 0.1) is 0 Å². The summed E-state index contributed by atoms with van der Waals surface area (Å²) in [6.45, 7) is 4.37. The van der Waals surface area contributed by atoms with Gasteiger partial charge in [-0.1, -0.05) is 60.7 Å². The minimum absolute atomic E-state index is 0.162. The second kappa shape index (κ2) is 14.0. The van der Waals surface area contributed by atoms with E-state index in [9.17, 15) is 19.2 Å². The van der Waals surface area contributed by atoms with E-state index in [0.717, 1.165) is 36.7 Å². The van der Waals surface area contributed by atoms with Crippen molar-refractivity contribution in [2.24, 2.45) is 0 Å². The van der Waals surface area contributed by atoms with Gasteiger partial charge in [-0.3, -0.25) is 19.2 Å². The van der Waals surface area contributed by atoms with Gasteiger partial charge >= 0.3 is 23.9 Å². The molecule has 0 spiro atoms. The Labute approximate surface area is 246 Å². The molecular weight excluding hydrogens is 566 g/mol. The van der Waals surface area contributed by atoms with Crippen LogP contribution >= 0.6 is 11.8 Å². The Kier molecular flexibility index (Phi) is 10.2. The first-order valence-electron chi connectivity index (χ1n) is 12.9. The van der Waals surface area contributed by atoms with Gasteiger partial charge in [0.25, 0.3) is 0 Å². The molecule has 0 bridgehead atoms. The number of benzene rings is 2. The Hall–Kier alpha value is -4.36. The van der Waals surface area contributed by atoms with Gasteiger partial charge in [0.05, 0.1) is 0 Å². The van der Waals surface area contributed by atoms with Gasteiger partial charge in [0, 0.05) is 38.8 Å². The molecule has 4 rings (SSSR count). The highest BCUT2D eigenvalue weighted by Crippen LogP contribution is 2.38. The summed E-state index contributed by atoms with van der Waals surface area (Å²) in [5, 5.41) is 8.92. The predicted octanol–water partition coefficient (Wildman–Crippen LogP) is 3.38. The van der Waals surface area contributed by atoms with Gasteiger partial charge < -0.3 is 23.7 Å². The molecule has 2 aromatic carbocycles. The van der Waals surface area contributed by atoms with E-state index < -0.39 is 53.7 Å². The molecule has 0 N–H and O–H groups in total. The highest BCUT2D eigenvalue weighted by molar-refractivity contribution is 7.99. The van der Waals surface area contributed by atoms with E-state index in [4.69, 9.17) is 28.7 Å². The van der Waals surface area contributed by atoms with Gasteiger partial charge in [0.15, 0.2) is 23.7 Å². The van der Waals surface area contributed by atoms with Gasteiger partial charge in [-0.15, -0.1) is 10.2 Å². The largest absolute Gasteiger partial charge is 0.463 e. The Morgan fingerprint density at radius 1 is 0.690 bits per heavy atom. The monoisotopic (exact) mass is 595 g/mol. The fourth-order valence-electron chi connectivity index (χ4n) is 4.34. The molecule has 0 radical (unpaired) electrons. The fraction of sp³-hybridized carbons (Fsp3) is 0.345. The molecule has 220 valence electrons. The van der Waals surface area contributed by atoms with Crippen LogP contribution in [0.2, 0.25) is 0 Å². The summed E-state index contributed by atoms with van der Waals surface area (Å²) in [5.74, 6) is -2.73. The van der Waals surface area contributed by atoms with Crippen molar-refractivity contribution >= 4 is 35.6 Å². The number of hydrogen-bond acceptors (Lipinski definition) is 13. The van der Waals surface area contributed by atoms with Crippen LogP contribution in [0.5, 0.6) is 0 Å². The molecule has 1 aliphatic rings. The number of thioether (sulfide) groups is 1. The molecule has 13 heteroatoms. The van der Waals surface area contributed by atoms with Gasteiger partial charge in [0.1, 0.15) is 24.1 Å². The zero-order valence-electron chi connectivity index (χ0n) is 23.3. The minimum atomic E-state index is -1.30. The lowest BCUT2D eigenvalue weighted by Crippen LogP contribution is -2.61. The molecule has 2 heterocycles. The lowest BCUT2D eigenvalue weighted by atomic mass is 9.99. The number of rotatable bonds is 9. The average molecular weight is 596 g/mol. The van der Waals surface area contributed by atoms with Crippen molar-refractivity contribution in [1.29, 1.82) is 0 Å². The van der Waals surface area contributed by atoms with E-state index in [1.165, 1.54) is 13.8 Å². The van der Waals surface area contributed by atoms with Crippen molar-refractivity contribution in [1.82, 2.24) is 15.2 Å². The molecule has 5 atom stereocenters. The second-order valence-corrected chi connectivity index (χ2v) is 10.3. The molecule has 0 unspecified atom stereocenters. The summed E-state index contributed by atoms with van der Waals surface area (Å²) in [6.07, 6.45) is -4.90. The first-order chi connectivity index (χ1) is 20.1. The number of ether oxygens (including phenoxy) is 5. The summed E-state index contributed by atoms with van der Waals surface area (Å²) in [4.78, 5) is 52.6. The number of hydrogen-bond donors (Lipinski definition) is 0. The predicted molar refractivity (Wildman–Crippen MR) is 149 cm³/mol. The van der Waals surface area contributed by atoms with Crippen LogP contribution in [0.25, 0.3) is 22.5 Å². The zero-order chi connectivity index (χ0) is 30.2. The van der Waals surface area contributed by atoms with Crippen molar-refractivity contribution in [3.63, 3.8) is 0 Å². The highest BCUT2D eigenvalue weighted by atomic mass is 32.2. The third-order valence-corrected chi connectivity index (χ3v) is 6.93. The van der Waals surface area contributed by atoms with Crippen LogP contribution in [-0.4, -0.2) is 75.5 Å². The fourth-order valence-corrected chi connectivity index (χ4v) is 5.32. The number of carbonyl (C=O) groups excluding carboxylic acids is 4. The summed E-state index contributed by atoms with van der Waals surface area (Å²) in [5.41, 5.74) is 1.60. The normalized spacial score (nSPS) is 21.6. The molecule has 0 aliphatic carbocycles. The SMILES string of the molecule is CC(=O)OC[C@@H]1O[C@@H](Sc2nnc(-c3ccccc3)c(-c3ccccc3)n2)[C@@H](OC(C)=O)[C@@H](OC(C)=O)[C@H]1OC(C)=O. The van der Waals surface area contributed by atoms with Crippen molar-refractivity contribution < 1.29 is 42.9 Å². The Morgan fingerprint density at radius 3 is 1.76 bits per heavy atom. The van der Waals surface area contributed by atoms with Crippen LogP contribution in [0.1, 0.15) is 27.7 Å². The van der Waals surface area contributed by atoms with Gasteiger partial charge in [-0.2, -0.15) is 0 Å². The number of aromatic nitrogens is 3. The van der Waals surface area contributed by atoms with Gasteiger partial charge in [-0.25, -0.2) is 4.98 Å². The molecule has 12 nitrogen and oxygen atoms in total. The molecule has 0 saturated carbocycles. The Balaban J connectivity index is 1.76.